The van der Waals surface area contributed by atoms with Gasteiger partial charge < -0.3 is 19.3 Å². The molecule has 1 saturated heterocycles. The van der Waals surface area contributed by atoms with Gasteiger partial charge in [0.25, 0.3) is 0 Å². The normalized spacial score (nSPS) is 18.5. The van der Waals surface area contributed by atoms with Crippen LogP contribution in [0.15, 0.2) is 42.5 Å². The minimum absolute atomic E-state index is 0.189. The number of amides is 4. The Morgan fingerprint density at radius 1 is 0.969 bits per heavy atom. The number of fused-ring (bicyclic) bond motifs is 1. The maximum Gasteiger partial charge on any atom is 0.327 e. The molecule has 1 atom stereocenters. The fraction of sp³-hybridized carbons (Fsp3) is 0.375. The van der Waals surface area contributed by atoms with E-state index in [9.17, 15) is 14.4 Å². The minimum atomic E-state index is -0.770. The zero-order chi connectivity index (χ0) is 22.8. The molecule has 2 aromatic carbocycles. The van der Waals surface area contributed by atoms with Gasteiger partial charge in [-0.25, -0.2) is 4.79 Å². The molecule has 2 aromatic rings. The lowest BCUT2D eigenvalue weighted by molar-refractivity contribution is -0.154. The lowest BCUT2D eigenvalue weighted by Crippen LogP contribution is -2.59. The molecule has 4 amide bonds. The van der Waals surface area contributed by atoms with Crippen LogP contribution in [0.25, 0.3) is 0 Å². The number of piperazine rings is 1. The van der Waals surface area contributed by atoms with Crippen molar-refractivity contribution in [3.63, 3.8) is 0 Å². The van der Waals surface area contributed by atoms with Crippen LogP contribution in [0.1, 0.15) is 29.7 Å². The molecule has 0 radical (unpaired) electrons. The van der Waals surface area contributed by atoms with E-state index in [4.69, 9.17) is 9.47 Å². The van der Waals surface area contributed by atoms with Crippen LogP contribution in [0, 0.1) is 0 Å². The molecule has 0 aromatic heterocycles. The number of rotatable bonds is 4. The predicted octanol–water partition coefficient (Wildman–Crippen LogP) is 2.46. The third-order valence-corrected chi connectivity index (χ3v) is 6.16. The molecular weight excluding hydrogens is 410 g/mol. The second kappa shape index (κ2) is 8.90. The molecule has 0 bridgehead atoms. The first kappa shape index (κ1) is 21.7. The fourth-order valence-electron chi connectivity index (χ4n) is 4.46. The maximum atomic E-state index is 13.6. The third kappa shape index (κ3) is 3.66. The van der Waals surface area contributed by atoms with Crippen molar-refractivity contribution >= 4 is 17.8 Å². The molecule has 4 rings (SSSR count). The van der Waals surface area contributed by atoms with Crippen LogP contribution in [0.5, 0.6) is 11.5 Å². The van der Waals surface area contributed by atoms with Crippen LogP contribution in [-0.2, 0) is 16.0 Å². The number of imide groups is 1. The quantitative estimate of drug-likeness (QED) is 0.687. The molecule has 1 fully saturated rings. The van der Waals surface area contributed by atoms with E-state index in [-0.39, 0.29) is 6.54 Å². The molecule has 32 heavy (non-hydrogen) atoms. The molecule has 2 heterocycles. The van der Waals surface area contributed by atoms with E-state index in [1.54, 1.807) is 19.1 Å². The molecule has 8 heteroatoms. The van der Waals surface area contributed by atoms with Crippen LogP contribution < -0.4 is 9.47 Å². The van der Waals surface area contributed by atoms with Gasteiger partial charge in [-0.05, 0) is 42.2 Å². The summed E-state index contributed by atoms with van der Waals surface area (Å²) < 4.78 is 11.0. The highest BCUT2D eigenvalue weighted by molar-refractivity contribution is 6.38. The van der Waals surface area contributed by atoms with Crippen molar-refractivity contribution in [2.45, 2.75) is 19.4 Å². The van der Waals surface area contributed by atoms with E-state index in [2.05, 4.69) is 0 Å². The Bertz CT molecular complexity index is 1040. The van der Waals surface area contributed by atoms with E-state index in [1.165, 1.54) is 4.90 Å². The average Bonchev–Trinajstić information content (AvgIpc) is 2.84. The maximum absolute atomic E-state index is 13.6. The van der Waals surface area contributed by atoms with Gasteiger partial charge in [0.2, 0.25) is 0 Å². The van der Waals surface area contributed by atoms with Crippen LogP contribution in [0.4, 0.5) is 4.79 Å². The molecule has 0 spiro atoms. The van der Waals surface area contributed by atoms with E-state index < -0.39 is 23.9 Å². The number of ether oxygens (including phenoxy) is 2. The molecule has 2 aliphatic rings. The van der Waals surface area contributed by atoms with E-state index >= 15 is 0 Å². The van der Waals surface area contributed by atoms with Crippen LogP contribution in [0.3, 0.4) is 0 Å². The van der Waals surface area contributed by atoms with Crippen LogP contribution in [-0.4, -0.2) is 72.9 Å². The van der Waals surface area contributed by atoms with Gasteiger partial charge in [0.15, 0.2) is 11.5 Å². The molecule has 0 aliphatic carbocycles. The summed E-state index contributed by atoms with van der Waals surface area (Å²) in [5.41, 5.74) is 2.89. The number of likely N-dealkylation sites (N-methyl/N-ethyl adjacent to an activating group) is 1. The Balaban J connectivity index is 1.75. The number of carbonyl (C=O) groups is 3. The Morgan fingerprint density at radius 2 is 1.66 bits per heavy atom. The van der Waals surface area contributed by atoms with Crippen molar-refractivity contribution in [1.29, 1.82) is 0 Å². The van der Waals surface area contributed by atoms with Gasteiger partial charge in [-0.3, -0.25) is 14.5 Å². The number of benzene rings is 2. The summed E-state index contributed by atoms with van der Waals surface area (Å²) >= 11 is 0. The monoisotopic (exact) mass is 437 g/mol. The topological polar surface area (TPSA) is 79.4 Å². The number of hydrogen-bond donors (Lipinski definition) is 0. The Labute approximate surface area is 187 Å². The average molecular weight is 437 g/mol. The van der Waals surface area contributed by atoms with Crippen LogP contribution >= 0.6 is 0 Å². The van der Waals surface area contributed by atoms with Crippen molar-refractivity contribution in [2.75, 3.05) is 40.4 Å². The van der Waals surface area contributed by atoms with Crippen molar-refractivity contribution in [3.8, 4) is 11.5 Å². The first-order valence-electron chi connectivity index (χ1n) is 10.7. The van der Waals surface area contributed by atoms with Gasteiger partial charge in [0, 0.05) is 26.2 Å². The van der Waals surface area contributed by atoms with Crippen molar-refractivity contribution < 1.29 is 23.9 Å². The summed E-state index contributed by atoms with van der Waals surface area (Å²) in [6.45, 7) is 3.21. The summed E-state index contributed by atoms with van der Waals surface area (Å²) in [4.78, 5) is 42.9. The first-order valence-corrected chi connectivity index (χ1v) is 10.7. The number of hydrogen-bond acceptors (Lipinski definition) is 5. The SMILES string of the molecule is CCN1CCN(C(=O)N2CCc3cc(OC)c(OC)cc3C2c2ccccc2)C(=O)C1=O. The molecule has 1 unspecified atom stereocenters. The Morgan fingerprint density at radius 3 is 2.31 bits per heavy atom. The zero-order valence-corrected chi connectivity index (χ0v) is 18.5. The molecule has 2 aliphatic heterocycles. The summed E-state index contributed by atoms with van der Waals surface area (Å²) in [5, 5.41) is 0. The smallest absolute Gasteiger partial charge is 0.327 e. The van der Waals surface area contributed by atoms with Gasteiger partial charge in [-0.2, -0.15) is 0 Å². The highest BCUT2D eigenvalue weighted by Gasteiger charge is 2.41. The number of nitrogens with zero attached hydrogens (tertiary/aromatic N) is 3. The Kier molecular flexibility index (Phi) is 6.03. The zero-order valence-electron chi connectivity index (χ0n) is 18.5. The molecule has 8 nitrogen and oxygen atoms in total. The summed E-state index contributed by atoms with van der Waals surface area (Å²) in [5.74, 6) is -0.196. The first-order chi connectivity index (χ1) is 15.5. The predicted molar refractivity (Wildman–Crippen MR) is 118 cm³/mol. The fourth-order valence-corrected chi connectivity index (χ4v) is 4.46. The standard InChI is InChI=1S/C24H27N3O5/c1-4-25-12-13-27(23(29)22(25)28)24(30)26-11-10-17-14-19(31-2)20(32-3)15-18(17)21(26)16-8-6-5-7-9-16/h5-9,14-15,21H,4,10-13H2,1-3H3. The van der Waals surface area contributed by atoms with Crippen molar-refractivity contribution in [2.24, 2.45) is 0 Å². The van der Waals surface area contributed by atoms with E-state index in [1.807, 2.05) is 49.4 Å². The summed E-state index contributed by atoms with van der Waals surface area (Å²) in [6.07, 6.45) is 0.599. The lowest BCUT2D eigenvalue weighted by Gasteiger charge is -2.41. The molecule has 0 N–H and O–H groups in total. The molecule has 0 saturated carbocycles. The minimum Gasteiger partial charge on any atom is -0.493 e. The highest BCUT2D eigenvalue weighted by Crippen LogP contribution is 2.41. The third-order valence-electron chi connectivity index (χ3n) is 6.16. The van der Waals surface area contributed by atoms with E-state index in [0.717, 1.165) is 21.6 Å². The second-order valence-electron chi connectivity index (χ2n) is 7.79. The van der Waals surface area contributed by atoms with Gasteiger partial charge in [0.05, 0.1) is 20.3 Å². The van der Waals surface area contributed by atoms with Crippen molar-refractivity contribution in [1.82, 2.24) is 14.7 Å². The number of carbonyl (C=O) groups excluding carboxylic acids is 3. The van der Waals surface area contributed by atoms with Gasteiger partial charge in [-0.15, -0.1) is 0 Å². The number of urea groups is 1. The molecule has 168 valence electrons. The lowest BCUT2D eigenvalue weighted by atomic mass is 9.87. The second-order valence-corrected chi connectivity index (χ2v) is 7.79. The summed E-state index contributed by atoms with van der Waals surface area (Å²) in [6, 6.07) is 12.6. The van der Waals surface area contributed by atoms with Gasteiger partial charge in [-0.1, -0.05) is 30.3 Å². The van der Waals surface area contributed by atoms with Crippen molar-refractivity contribution in [3.05, 3.63) is 59.2 Å². The largest absolute Gasteiger partial charge is 0.493 e. The van der Waals surface area contributed by atoms with Gasteiger partial charge >= 0.3 is 17.8 Å². The number of methoxy groups -OCH3 is 2. The van der Waals surface area contributed by atoms with Crippen LogP contribution in [0.2, 0.25) is 0 Å². The highest BCUT2D eigenvalue weighted by atomic mass is 16.5. The summed E-state index contributed by atoms with van der Waals surface area (Å²) in [7, 11) is 3.17. The Hall–Kier alpha value is -3.55. The van der Waals surface area contributed by atoms with Gasteiger partial charge in [0.1, 0.15) is 0 Å². The van der Waals surface area contributed by atoms with E-state index in [0.29, 0.717) is 37.6 Å². The molecular formula is C24H27N3O5.